The molecule has 8 nitrogen and oxygen atoms in total. The number of rotatable bonds is 8. The minimum absolute atomic E-state index is 0.0844. The van der Waals surface area contributed by atoms with Crippen molar-refractivity contribution in [2.75, 3.05) is 19.0 Å². The van der Waals surface area contributed by atoms with Gasteiger partial charge < -0.3 is 14.8 Å². The molecule has 1 unspecified atom stereocenters. The van der Waals surface area contributed by atoms with Crippen LogP contribution >= 0.6 is 11.8 Å². The average molecular weight is 510 g/mol. The highest BCUT2D eigenvalue weighted by atomic mass is 32.2. The number of ether oxygens (including phenoxy) is 1. The van der Waals surface area contributed by atoms with E-state index in [2.05, 4.69) is 27.6 Å². The van der Waals surface area contributed by atoms with E-state index in [-0.39, 0.29) is 12.3 Å². The number of methoxy groups -OCH3 is 1. The molecule has 1 aliphatic rings. The molecule has 2 N–H and O–H groups in total. The van der Waals surface area contributed by atoms with E-state index in [4.69, 9.17) is 9.73 Å². The zero-order valence-corrected chi connectivity index (χ0v) is 22.5. The Morgan fingerprint density at radius 3 is 2.60 bits per heavy atom. The van der Waals surface area contributed by atoms with Crippen LogP contribution in [0.15, 0.2) is 52.4 Å². The minimum atomic E-state index is -2.14. The van der Waals surface area contributed by atoms with Gasteiger partial charge in [-0.3, -0.25) is 14.4 Å². The molecule has 35 heavy (non-hydrogen) atoms. The number of thioether (sulfide) groups is 1. The fourth-order valence-electron chi connectivity index (χ4n) is 3.98. The van der Waals surface area contributed by atoms with Gasteiger partial charge in [0.25, 0.3) is 0 Å². The molecule has 0 bridgehead atoms. The molecule has 2 heterocycles. The van der Waals surface area contributed by atoms with E-state index in [9.17, 15) is 9.59 Å². The van der Waals surface area contributed by atoms with E-state index < -0.39 is 14.4 Å². The summed E-state index contributed by atoms with van der Waals surface area (Å²) in [5.74, 6) is 2.00. The van der Waals surface area contributed by atoms with Gasteiger partial charge in [-0.1, -0.05) is 12.1 Å². The summed E-state index contributed by atoms with van der Waals surface area (Å²) >= 11 is 1.66. The normalized spacial score (nSPS) is 15.0. The number of nitrogens with zero attached hydrogens (tertiary/aromatic N) is 4. The van der Waals surface area contributed by atoms with Crippen LogP contribution in [-0.2, 0) is 4.79 Å². The summed E-state index contributed by atoms with van der Waals surface area (Å²) in [5, 5.41) is 12.3. The summed E-state index contributed by atoms with van der Waals surface area (Å²) in [6.07, 6.45) is 0.171. The Kier molecular flexibility index (Phi) is 7.44. The van der Waals surface area contributed by atoms with Gasteiger partial charge in [0.2, 0.25) is 5.91 Å². The van der Waals surface area contributed by atoms with Gasteiger partial charge in [0.05, 0.1) is 24.9 Å². The van der Waals surface area contributed by atoms with Crippen molar-refractivity contribution in [3.63, 3.8) is 0 Å². The first kappa shape index (κ1) is 25.1. The van der Waals surface area contributed by atoms with Crippen LogP contribution in [0.25, 0.3) is 5.69 Å². The molecule has 3 aromatic rings. The van der Waals surface area contributed by atoms with Crippen LogP contribution in [0.1, 0.15) is 42.2 Å². The van der Waals surface area contributed by atoms with Crippen LogP contribution in [-0.4, -0.2) is 58.5 Å². The minimum Gasteiger partial charge on any atom is -0.497 e. The lowest BCUT2D eigenvalue weighted by Gasteiger charge is -2.15. The Bertz CT molecular complexity index is 1250. The van der Waals surface area contributed by atoms with E-state index >= 15 is 0 Å². The highest BCUT2D eigenvalue weighted by Gasteiger charge is 2.30. The molecule has 4 rings (SSSR count). The number of amides is 1. The van der Waals surface area contributed by atoms with Crippen LogP contribution in [0, 0.1) is 6.92 Å². The number of aryl methyl sites for hydroxylation is 1. The van der Waals surface area contributed by atoms with Crippen molar-refractivity contribution < 1.29 is 14.3 Å². The summed E-state index contributed by atoms with van der Waals surface area (Å²) < 4.78 is 7.51. The third kappa shape index (κ3) is 5.66. The molecule has 0 fully saturated rings. The second-order valence-electron chi connectivity index (χ2n) is 9.10. The molecule has 0 radical (unpaired) electrons. The molecule has 184 valence electrons. The first-order valence-corrected chi connectivity index (χ1v) is 15.7. The van der Waals surface area contributed by atoms with Crippen molar-refractivity contribution in [2.24, 2.45) is 4.99 Å². The lowest BCUT2D eigenvalue weighted by Crippen LogP contribution is -2.28. The monoisotopic (exact) mass is 509 g/mol. The number of nitrogens with one attached hydrogen (secondary N) is 1. The zero-order valence-electron chi connectivity index (χ0n) is 20.7. The largest absolute Gasteiger partial charge is 0.497 e. The van der Waals surface area contributed by atoms with Gasteiger partial charge in [-0.05, 0) is 57.3 Å². The molecule has 1 aromatic heterocycles. The van der Waals surface area contributed by atoms with Gasteiger partial charge in [-0.2, -0.15) is 0 Å². The van der Waals surface area contributed by atoms with E-state index in [1.165, 1.54) is 0 Å². The highest BCUT2D eigenvalue weighted by molar-refractivity contribution is 8.00. The number of benzene rings is 2. The Labute approximate surface area is 211 Å². The summed E-state index contributed by atoms with van der Waals surface area (Å²) in [4.78, 5) is 29.0. The van der Waals surface area contributed by atoms with Gasteiger partial charge in [0.15, 0.2) is 14.1 Å². The summed E-state index contributed by atoms with van der Waals surface area (Å²) in [5.41, 5.74) is 3.48. The van der Waals surface area contributed by atoms with Crippen molar-refractivity contribution in [1.29, 1.82) is 0 Å². The number of aliphatic imine (C=N–C) groups is 1. The number of carbonyl (C=O) groups is 1. The first-order valence-electron chi connectivity index (χ1n) is 11.6. The number of aromatic nitrogens is 3. The van der Waals surface area contributed by atoms with Gasteiger partial charge in [0, 0.05) is 27.9 Å². The van der Waals surface area contributed by atoms with E-state index in [0.717, 1.165) is 38.6 Å². The van der Waals surface area contributed by atoms with Crippen LogP contribution in [0.2, 0.25) is 13.1 Å². The van der Waals surface area contributed by atoms with E-state index in [0.29, 0.717) is 18.1 Å². The molecular weight excluding hydrogens is 478 g/mol. The zero-order chi connectivity index (χ0) is 25.2. The standard InChI is InChI=1S/C25H31N5O3SSi/c1-6-26-23(31)14-21-25-29-28-16(2)30(25)22-12-9-18(33-3)13-20(22)24(27-21)17-7-10-19(11-8-17)34-15-35(4,5)32/h7-13,21,32H,6,14-15H2,1-5H3,(H,26,31). The lowest BCUT2D eigenvalue weighted by atomic mass is 10.00. The summed E-state index contributed by atoms with van der Waals surface area (Å²) in [6, 6.07) is 13.5. The smallest absolute Gasteiger partial charge is 0.222 e. The summed E-state index contributed by atoms with van der Waals surface area (Å²) in [7, 11) is -0.505. The molecule has 1 amide bonds. The van der Waals surface area contributed by atoms with Crippen LogP contribution in [0.5, 0.6) is 5.75 Å². The van der Waals surface area contributed by atoms with Gasteiger partial charge in [-0.15, -0.1) is 22.0 Å². The topological polar surface area (TPSA) is 102 Å². The lowest BCUT2D eigenvalue weighted by molar-refractivity contribution is -0.121. The SMILES string of the molecule is CCNC(=O)CC1N=C(c2ccc(SC[Si](C)(C)O)cc2)c2cc(OC)ccc2-n2c(C)nnc21. The van der Waals surface area contributed by atoms with Gasteiger partial charge >= 0.3 is 0 Å². The maximum absolute atomic E-state index is 12.6. The molecule has 0 spiro atoms. The maximum Gasteiger partial charge on any atom is 0.222 e. The van der Waals surface area contributed by atoms with Crippen LogP contribution < -0.4 is 10.1 Å². The number of hydrogen-bond acceptors (Lipinski definition) is 7. The van der Waals surface area contributed by atoms with Crippen molar-refractivity contribution in [3.8, 4) is 11.4 Å². The van der Waals surface area contributed by atoms with Gasteiger partial charge in [0.1, 0.15) is 17.6 Å². The van der Waals surface area contributed by atoms with Crippen LogP contribution in [0.3, 0.4) is 0 Å². The van der Waals surface area contributed by atoms with Crippen molar-refractivity contribution in [1.82, 2.24) is 20.1 Å². The molecule has 10 heteroatoms. The molecule has 1 aliphatic heterocycles. The van der Waals surface area contributed by atoms with Gasteiger partial charge in [-0.25, -0.2) is 0 Å². The van der Waals surface area contributed by atoms with Crippen molar-refractivity contribution in [3.05, 3.63) is 65.2 Å². The summed E-state index contributed by atoms with van der Waals surface area (Å²) in [6.45, 7) is 8.23. The Morgan fingerprint density at radius 1 is 1.20 bits per heavy atom. The third-order valence-electron chi connectivity index (χ3n) is 5.61. The second-order valence-corrected chi connectivity index (χ2v) is 14.6. The van der Waals surface area contributed by atoms with E-state index in [1.807, 2.05) is 61.8 Å². The van der Waals surface area contributed by atoms with Crippen LogP contribution in [0.4, 0.5) is 0 Å². The number of hydrogen-bond donors (Lipinski definition) is 2. The maximum atomic E-state index is 12.6. The fraction of sp³-hybridized carbons (Fsp3) is 0.360. The number of carbonyl (C=O) groups excluding carboxylic acids is 1. The predicted octanol–water partition coefficient (Wildman–Crippen LogP) is 3.83. The molecular formula is C25H31N5O3SSi. The molecule has 0 saturated heterocycles. The molecule has 2 aromatic carbocycles. The predicted molar refractivity (Wildman–Crippen MR) is 141 cm³/mol. The Balaban J connectivity index is 1.82. The second kappa shape index (κ2) is 10.3. The third-order valence-corrected chi connectivity index (χ3v) is 9.61. The average Bonchev–Trinajstić information content (AvgIpc) is 3.15. The molecule has 0 aliphatic carbocycles. The van der Waals surface area contributed by atoms with Crippen molar-refractivity contribution >= 4 is 31.7 Å². The van der Waals surface area contributed by atoms with Crippen molar-refractivity contribution in [2.45, 2.75) is 44.3 Å². The fourth-order valence-corrected chi connectivity index (χ4v) is 6.39. The Morgan fingerprint density at radius 2 is 1.94 bits per heavy atom. The molecule has 1 atom stereocenters. The van der Waals surface area contributed by atoms with E-state index in [1.54, 1.807) is 18.9 Å². The quantitative estimate of drug-likeness (QED) is 0.354. The molecule has 0 saturated carbocycles. The number of fused-ring (bicyclic) bond motifs is 3. The Hall–Kier alpha value is -2.95. The first-order chi connectivity index (χ1) is 16.7. The highest BCUT2D eigenvalue weighted by Crippen LogP contribution is 2.34.